The average molecular weight is 170 g/mol. The van der Waals surface area contributed by atoms with Crippen molar-refractivity contribution >= 4 is 17.5 Å². The summed E-state index contributed by atoms with van der Waals surface area (Å²) in [4.78, 5) is 0. The number of hydrogen-bond donors (Lipinski definition) is 0. The van der Waals surface area contributed by atoms with E-state index in [9.17, 15) is 13.0 Å². The van der Waals surface area contributed by atoms with Crippen molar-refractivity contribution in [2.45, 2.75) is 0 Å². The van der Waals surface area contributed by atoms with Crippen LogP contribution in [0, 0.1) is 0 Å². The predicted molar refractivity (Wildman–Crippen MR) is 33.3 cm³/mol. The van der Waals surface area contributed by atoms with Crippen LogP contribution >= 0.6 is 7.37 Å². The molecule has 0 aromatic carbocycles. The Balaban J connectivity index is 2.94. The molecule has 0 N–H and O–H groups in total. The molecule has 1 heterocycles. The molecule has 0 aromatic heterocycles. The summed E-state index contributed by atoms with van der Waals surface area (Å²) in [6.07, 6.45) is 0.162. The van der Waals surface area contributed by atoms with Crippen molar-refractivity contribution < 1.29 is 17.0 Å². The zero-order valence-electron chi connectivity index (χ0n) is 4.90. The Morgan fingerprint density at radius 2 is 2.11 bits per heavy atom. The SMILES string of the molecule is CP1(=O)CCS(=O)(=O)O1. The Labute approximate surface area is 53.8 Å². The van der Waals surface area contributed by atoms with Crippen molar-refractivity contribution in [2.75, 3.05) is 18.6 Å². The van der Waals surface area contributed by atoms with Gasteiger partial charge < -0.3 is 0 Å². The highest BCUT2D eigenvalue weighted by molar-refractivity contribution is 7.94. The van der Waals surface area contributed by atoms with Crippen LogP contribution in [-0.4, -0.2) is 27.0 Å². The molecule has 1 atom stereocenters. The zero-order chi connectivity index (χ0) is 7.12. The molecule has 1 unspecified atom stereocenters. The van der Waals surface area contributed by atoms with Crippen LogP contribution in [0.1, 0.15) is 0 Å². The van der Waals surface area contributed by atoms with Gasteiger partial charge in [0.2, 0.25) is 7.37 Å². The maximum absolute atomic E-state index is 10.8. The van der Waals surface area contributed by atoms with Crippen LogP contribution in [0.25, 0.3) is 0 Å². The van der Waals surface area contributed by atoms with Gasteiger partial charge in [0.1, 0.15) is 0 Å². The quantitative estimate of drug-likeness (QED) is 0.489. The van der Waals surface area contributed by atoms with Gasteiger partial charge in [-0.15, -0.1) is 0 Å². The predicted octanol–water partition coefficient (Wildman–Crippen LogP) is 0.254. The first kappa shape index (κ1) is 7.25. The lowest BCUT2D eigenvalue weighted by Crippen LogP contribution is -1.97. The average Bonchev–Trinajstić information content (AvgIpc) is 1.78. The molecule has 0 bridgehead atoms. The lowest BCUT2D eigenvalue weighted by atomic mass is 11.0. The highest BCUT2D eigenvalue weighted by Gasteiger charge is 2.34. The van der Waals surface area contributed by atoms with E-state index in [0.717, 1.165) is 0 Å². The molecular weight excluding hydrogens is 163 g/mol. The fourth-order valence-corrected chi connectivity index (χ4v) is 5.33. The van der Waals surface area contributed by atoms with Crippen LogP contribution in [0.4, 0.5) is 0 Å². The molecule has 0 aromatic rings. The maximum Gasteiger partial charge on any atom is 0.273 e. The Morgan fingerprint density at radius 1 is 1.56 bits per heavy atom. The van der Waals surface area contributed by atoms with Crippen LogP contribution in [-0.2, 0) is 18.7 Å². The third-order valence-corrected chi connectivity index (χ3v) is 5.23. The molecule has 54 valence electrons. The standard InChI is InChI=1S/C3H7O4PS/c1-8(4)2-3-9(5,6)7-8/h2-3H2,1H3. The Kier molecular flexibility index (Phi) is 1.46. The molecule has 0 saturated carbocycles. The summed E-state index contributed by atoms with van der Waals surface area (Å²) in [5.41, 5.74) is 0. The second-order valence-corrected chi connectivity index (χ2v) is 6.67. The van der Waals surface area contributed by atoms with Crippen LogP contribution in [0.5, 0.6) is 0 Å². The van der Waals surface area contributed by atoms with Crippen molar-refractivity contribution in [1.82, 2.24) is 0 Å². The summed E-state index contributed by atoms with van der Waals surface area (Å²) in [6, 6.07) is 0. The summed E-state index contributed by atoms with van der Waals surface area (Å²) in [5, 5.41) is 0. The summed E-state index contributed by atoms with van der Waals surface area (Å²) in [7, 11) is -6.17. The lowest BCUT2D eigenvalue weighted by Gasteiger charge is -1.96. The second-order valence-electron chi connectivity index (χ2n) is 2.07. The number of hydrogen-bond acceptors (Lipinski definition) is 4. The van der Waals surface area contributed by atoms with E-state index in [-0.39, 0.29) is 11.9 Å². The van der Waals surface area contributed by atoms with Crippen molar-refractivity contribution in [3.8, 4) is 0 Å². The fourth-order valence-electron chi connectivity index (χ4n) is 0.592. The molecule has 0 radical (unpaired) electrons. The van der Waals surface area contributed by atoms with Crippen molar-refractivity contribution in [3.63, 3.8) is 0 Å². The minimum absolute atomic E-state index is 0.0965. The Bertz CT molecular complexity index is 253. The van der Waals surface area contributed by atoms with Crippen LogP contribution < -0.4 is 0 Å². The molecule has 0 spiro atoms. The monoisotopic (exact) mass is 170 g/mol. The van der Waals surface area contributed by atoms with Gasteiger partial charge in [-0.3, -0.25) is 4.57 Å². The first-order valence-corrected chi connectivity index (χ1v) is 6.25. The van der Waals surface area contributed by atoms with Gasteiger partial charge in [0.25, 0.3) is 10.1 Å². The largest absolute Gasteiger partial charge is 0.292 e. The van der Waals surface area contributed by atoms with E-state index < -0.39 is 17.5 Å². The topological polar surface area (TPSA) is 60.4 Å². The molecular formula is C3H7O4PS. The molecule has 1 aliphatic heterocycles. The highest BCUT2D eigenvalue weighted by Crippen LogP contribution is 2.49. The van der Waals surface area contributed by atoms with E-state index in [4.69, 9.17) is 0 Å². The van der Waals surface area contributed by atoms with Gasteiger partial charge in [-0.05, 0) is 0 Å². The van der Waals surface area contributed by atoms with E-state index in [1.54, 1.807) is 0 Å². The van der Waals surface area contributed by atoms with E-state index in [2.05, 4.69) is 3.97 Å². The first-order valence-electron chi connectivity index (χ1n) is 2.42. The molecule has 1 rings (SSSR count). The minimum Gasteiger partial charge on any atom is -0.292 e. The lowest BCUT2D eigenvalue weighted by molar-refractivity contribution is 0.480. The summed E-state index contributed by atoms with van der Waals surface area (Å²) >= 11 is 0. The summed E-state index contributed by atoms with van der Waals surface area (Å²) < 4.78 is 36.0. The zero-order valence-corrected chi connectivity index (χ0v) is 6.61. The van der Waals surface area contributed by atoms with Crippen molar-refractivity contribution in [1.29, 1.82) is 0 Å². The van der Waals surface area contributed by atoms with Gasteiger partial charge in [0, 0.05) is 12.8 Å². The number of rotatable bonds is 0. The molecule has 0 aliphatic carbocycles. The van der Waals surface area contributed by atoms with Crippen LogP contribution in [0.15, 0.2) is 0 Å². The van der Waals surface area contributed by atoms with E-state index in [1.807, 2.05) is 0 Å². The third-order valence-electron chi connectivity index (χ3n) is 1.02. The Hall–Kier alpha value is 0.140. The van der Waals surface area contributed by atoms with Gasteiger partial charge in [-0.25, -0.2) is 3.97 Å². The van der Waals surface area contributed by atoms with Crippen molar-refractivity contribution in [3.05, 3.63) is 0 Å². The summed E-state index contributed by atoms with van der Waals surface area (Å²) in [6.45, 7) is 1.33. The molecule has 1 saturated heterocycles. The van der Waals surface area contributed by atoms with Gasteiger partial charge in [0.05, 0.1) is 5.75 Å². The van der Waals surface area contributed by atoms with E-state index in [1.165, 1.54) is 6.66 Å². The summed E-state index contributed by atoms with van der Waals surface area (Å²) in [5.74, 6) is -0.0965. The molecule has 1 fully saturated rings. The van der Waals surface area contributed by atoms with E-state index in [0.29, 0.717) is 0 Å². The molecule has 1 aliphatic rings. The van der Waals surface area contributed by atoms with Gasteiger partial charge in [0.15, 0.2) is 0 Å². The van der Waals surface area contributed by atoms with Crippen molar-refractivity contribution in [2.24, 2.45) is 0 Å². The highest BCUT2D eigenvalue weighted by atomic mass is 32.2. The normalized spacial score (nSPS) is 41.0. The van der Waals surface area contributed by atoms with Gasteiger partial charge in [-0.2, -0.15) is 8.42 Å². The Morgan fingerprint density at radius 3 is 2.22 bits per heavy atom. The van der Waals surface area contributed by atoms with Gasteiger partial charge >= 0.3 is 0 Å². The third kappa shape index (κ3) is 1.78. The maximum atomic E-state index is 10.8. The minimum atomic E-state index is -3.42. The molecule has 4 nitrogen and oxygen atoms in total. The first-order chi connectivity index (χ1) is 3.91. The smallest absolute Gasteiger partial charge is 0.273 e. The molecule has 9 heavy (non-hydrogen) atoms. The van der Waals surface area contributed by atoms with Crippen LogP contribution in [0.2, 0.25) is 0 Å². The van der Waals surface area contributed by atoms with E-state index >= 15 is 0 Å². The van der Waals surface area contributed by atoms with Crippen LogP contribution in [0.3, 0.4) is 0 Å². The van der Waals surface area contributed by atoms with Gasteiger partial charge in [-0.1, -0.05) is 0 Å². The second kappa shape index (κ2) is 1.81. The molecule has 6 heteroatoms. The molecule has 0 amide bonds. The fraction of sp³-hybridized carbons (Fsp3) is 1.00.